The minimum Gasteiger partial charge on any atom is -0.467 e. The summed E-state index contributed by atoms with van der Waals surface area (Å²) in [6, 6.07) is 0. The van der Waals surface area contributed by atoms with Gasteiger partial charge >= 0.3 is 5.97 Å². The predicted octanol–water partition coefficient (Wildman–Crippen LogP) is 1.22. The fourth-order valence-electron chi connectivity index (χ4n) is 3.24. The molecule has 5 heteroatoms. The van der Waals surface area contributed by atoms with Crippen LogP contribution < -0.4 is 10.6 Å². The van der Waals surface area contributed by atoms with E-state index in [1.807, 2.05) is 0 Å². The Hall–Kier alpha value is -1.10. The summed E-state index contributed by atoms with van der Waals surface area (Å²) in [6.07, 6.45) is 5.20. The summed E-state index contributed by atoms with van der Waals surface area (Å²) in [5.74, 6) is 0.296. The van der Waals surface area contributed by atoms with Gasteiger partial charge in [0.25, 0.3) is 0 Å². The molecule has 2 fully saturated rings. The highest BCUT2D eigenvalue weighted by atomic mass is 16.5. The number of hydrogen-bond donors (Lipinski definition) is 2. The van der Waals surface area contributed by atoms with Crippen LogP contribution in [0, 0.1) is 11.8 Å². The van der Waals surface area contributed by atoms with Crippen molar-refractivity contribution < 1.29 is 14.3 Å². The van der Waals surface area contributed by atoms with Gasteiger partial charge in [0.2, 0.25) is 5.91 Å². The Morgan fingerprint density at radius 3 is 2.50 bits per heavy atom. The van der Waals surface area contributed by atoms with Gasteiger partial charge in [-0.25, -0.2) is 4.79 Å². The standard InChI is InChI=1S/C15H26N2O3/c1-11-5-7-15(8-6-11,14(19)20-2)17-13(18)12-4-3-9-16-10-12/h11-12,16H,3-10H2,1-2H3,(H,17,18). The number of ether oxygens (including phenoxy) is 1. The van der Waals surface area contributed by atoms with E-state index in [4.69, 9.17) is 4.74 Å². The van der Waals surface area contributed by atoms with E-state index in [2.05, 4.69) is 17.6 Å². The van der Waals surface area contributed by atoms with Crippen molar-refractivity contribution in [3.63, 3.8) is 0 Å². The first kappa shape index (κ1) is 15.3. The normalized spacial score (nSPS) is 34.3. The molecule has 5 nitrogen and oxygen atoms in total. The van der Waals surface area contributed by atoms with Crippen LogP contribution in [0.4, 0.5) is 0 Å². The number of hydrogen-bond acceptors (Lipinski definition) is 4. The summed E-state index contributed by atoms with van der Waals surface area (Å²) in [6.45, 7) is 3.87. The van der Waals surface area contributed by atoms with Crippen LogP contribution in [0.25, 0.3) is 0 Å². The molecule has 1 atom stereocenters. The highest BCUT2D eigenvalue weighted by molar-refractivity contribution is 5.89. The highest BCUT2D eigenvalue weighted by Crippen LogP contribution is 2.33. The number of esters is 1. The average Bonchev–Trinajstić information content (AvgIpc) is 2.49. The number of nitrogens with one attached hydrogen (secondary N) is 2. The van der Waals surface area contributed by atoms with Crippen LogP contribution in [0.15, 0.2) is 0 Å². The summed E-state index contributed by atoms with van der Waals surface area (Å²) < 4.78 is 4.95. The molecule has 0 aromatic carbocycles. The van der Waals surface area contributed by atoms with Crippen molar-refractivity contribution in [2.24, 2.45) is 11.8 Å². The SMILES string of the molecule is COC(=O)C1(NC(=O)C2CCCNC2)CCC(C)CC1. The maximum Gasteiger partial charge on any atom is 0.331 e. The van der Waals surface area contributed by atoms with Gasteiger partial charge in [0.1, 0.15) is 5.54 Å². The van der Waals surface area contributed by atoms with E-state index in [0.717, 1.165) is 32.2 Å². The van der Waals surface area contributed by atoms with Crippen LogP contribution in [-0.2, 0) is 14.3 Å². The largest absolute Gasteiger partial charge is 0.467 e. The molecule has 1 aliphatic heterocycles. The number of rotatable bonds is 3. The fraction of sp³-hybridized carbons (Fsp3) is 0.867. The Morgan fingerprint density at radius 2 is 1.95 bits per heavy atom. The molecule has 114 valence electrons. The first-order valence-electron chi connectivity index (χ1n) is 7.68. The van der Waals surface area contributed by atoms with Gasteiger partial charge in [-0.3, -0.25) is 4.79 Å². The number of carbonyl (C=O) groups excluding carboxylic acids is 2. The first-order valence-corrected chi connectivity index (χ1v) is 7.68. The van der Waals surface area contributed by atoms with Gasteiger partial charge in [0.15, 0.2) is 0 Å². The van der Waals surface area contributed by atoms with E-state index in [1.54, 1.807) is 0 Å². The molecule has 1 amide bonds. The Labute approximate surface area is 120 Å². The molecular formula is C15H26N2O3. The second kappa shape index (κ2) is 6.57. The van der Waals surface area contributed by atoms with Gasteiger partial charge in [-0.2, -0.15) is 0 Å². The molecule has 0 spiro atoms. The van der Waals surface area contributed by atoms with Crippen molar-refractivity contribution in [3.05, 3.63) is 0 Å². The molecule has 1 unspecified atom stereocenters. The Kier molecular flexibility index (Phi) is 5.02. The minimum atomic E-state index is -0.796. The van der Waals surface area contributed by atoms with Gasteiger partial charge in [-0.05, 0) is 51.0 Å². The van der Waals surface area contributed by atoms with Gasteiger partial charge in [0.05, 0.1) is 13.0 Å². The molecule has 1 heterocycles. The topological polar surface area (TPSA) is 67.4 Å². The highest BCUT2D eigenvalue weighted by Gasteiger charge is 2.44. The van der Waals surface area contributed by atoms with Crippen LogP contribution >= 0.6 is 0 Å². The van der Waals surface area contributed by atoms with Crippen LogP contribution in [0.1, 0.15) is 45.4 Å². The third kappa shape index (κ3) is 3.32. The monoisotopic (exact) mass is 282 g/mol. The molecule has 0 bridgehead atoms. The van der Waals surface area contributed by atoms with Crippen LogP contribution in [-0.4, -0.2) is 37.6 Å². The summed E-state index contributed by atoms with van der Waals surface area (Å²) in [4.78, 5) is 24.6. The van der Waals surface area contributed by atoms with E-state index in [9.17, 15) is 9.59 Å². The molecule has 2 aliphatic rings. The van der Waals surface area contributed by atoms with Crippen molar-refractivity contribution in [3.8, 4) is 0 Å². The zero-order valence-electron chi connectivity index (χ0n) is 12.5. The Bertz CT molecular complexity index is 356. The zero-order valence-corrected chi connectivity index (χ0v) is 12.5. The third-order valence-electron chi connectivity index (χ3n) is 4.73. The molecule has 2 rings (SSSR count). The molecule has 1 saturated carbocycles. The van der Waals surface area contributed by atoms with Gasteiger partial charge < -0.3 is 15.4 Å². The smallest absolute Gasteiger partial charge is 0.331 e. The van der Waals surface area contributed by atoms with E-state index in [1.165, 1.54) is 7.11 Å². The molecule has 1 aliphatic carbocycles. The molecule has 0 aromatic heterocycles. The first-order chi connectivity index (χ1) is 9.57. The summed E-state index contributed by atoms with van der Waals surface area (Å²) in [7, 11) is 1.40. The lowest BCUT2D eigenvalue weighted by Gasteiger charge is -2.38. The molecule has 0 aromatic rings. The van der Waals surface area contributed by atoms with Crippen LogP contribution in [0.5, 0.6) is 0 Å². The Morgan fingerprint density at radius 1 is 1.25 bits per heavy atom. The number of methoxy groups -OCH3 is 1. The lowest BCUT2D eigenvalue weighted by Crippen LogP contribution is -2.59. The van der Waals surface area contributed by atoms with Gasteiger partial charge in [-0.15, -0.1) is 0 Å². The molecule has 2 N–H and O–H groups in total. The van der Waals surface area contributed by atoms with Crippen molar-refractivity contribution in [2.75, 3.05) is 20.2 Å². The number of piperidine rings is 1. The van der Waals surface area contributed by atoms with Crippen molar-refractivity contribution in [2.45, 2.75) is 51.0 Å². The van der Waals surface area contributed by atoms with Crippen molar-refractivity contribution in [1.29, 1.82) is 0 Å². The average molecular weight is 282 g/mol. The summed E-state index contributed by atoms with van der Waals surface area (Å²) in [5.41, 5.74) is -0.796. The van der Waals surface area contributed by atoms with E-state index in [0.29, 0.717) is 25.3 Å². The van der Waals surface area contributed by atoms with Crippen molar-refractivity contribution >= 4 is 11.9 Å². The molecule has 0 radical (unpaired) electrons. The van der Waals surface area contributed by atoms with Crippen LogP contribution in [0.2, 0.25) is 0 Å². The molecule has 1 saturated heterocycles. The lowest BCUT2D eigenvalue weighted by molar-refractivity contribution is -0.153. The quantitative estimate of drug-likeness (QED) is 0.764. The zero-order chi connectivity index (χ0) is 14.6. The second-order valence-corrected chi connectivity index (χ2v) is 6.29. The summed E-state index contributed by atoms with van der Waals surface area (Å²) in [5, 5.41) is 6.26. The second-order valence-electron chi connectivity index (χ2n) is 6.29. The number of carbonyl (C=O) groups is 2. The van der Waals surface area contributed by atoms with E-state index < -0.39 is 5.54 Å². The fourth-order valence-corrected chi connectivity index (χ4v) is 3.24. The van der Waals surface area contributed by atoms with Crippen molar-refractivity contribution in [1.82, 2.24) is 10.6 Å². The minimum absolute atomic E-state index is 0.00264. The molecule has 20 heavy (non-hydrogen) atoms. The predicted molar refractivity (Wildman–Crippen MR) is 76.1 cm³/mol. The number of amides is 1. The lowest BCUT2D eigenvalue weighted by atomic mass is 9.76. The molecular weight excluding hydrogens is 256 g/mol. The van der Waals surface area contributed by atoms with E-state index >= 15 is 0 Å². The summed E-state index contributed by atoms with van der Waals surface area (Å²) >= 11 is 0. The Balaban J connectivity index is 2.03. The maximum atomic E-state index is 12.4. The van der Waals surface area contributed by atoms with Gasteiger partial charge in [-0.1, -0.05) is 6.92 Å². The maximum absolute atomic E-state index is 12.4. The van der Waals surface area contributed by atoms with Crippen LogP contribution in [0.3, 0.4) is 0 Å². The third-order valence-corrected chi connectivity index (χ3v) is 4.73. The van der Waals surface area contributed by atoms with Gasteiger partial charge in [0, 0.05) is 6.54 Å². The van der Waals surface area contributed by atoms with E-state index in [-0.39, 0.29) is 17.8 Å².